The minimum atomic E-state index is -4.31. The van der Waals surface area contributed by atoms with Crippen molar-refractivity contribution in [3.8, 4) is 0 Å². The molecule has 0 aliphatic heterocycles. The van der Waals surface area contributed by atoms with E-state index >= 15 is 0 Å². The molecule has 0 radical (unpaired) electrons. The van der Waals surface area contributed by atoms with Gasteiger partial charge in [-0.05, 0) is 0 Å². The molecule has 6 nitrogen and oxygen atoms in total. The zero-order valence-corrected chi connectivity index (χ0v) is 10.3. The number of hydrogen-bond donors (Lipinski definition) is 2. The van der Waals surface area contributed by atoms with Gasteiger partial charge in [-0.25, -0.2) is 0 Å². The van der Waals surface area contributed by atoms with Crippen molar-refractivity contribution in [1.82, 2.24) is 9.78 Å². The molecule has 0 saturated carbocycles. The number of halogens is 3. The van der Waals surface area contributed by atoms with Gasteiger partial charge in [-0.2, -0.15) is 18.3 Å². The molecule has 1 aromatic heterocycles. The second-order valence-corrected chi connectivity index (χ2v) is 4.43. The molecule has 1 aromatic rings. The topological polar surface area (TPSA) is 84.2 Å². The lowest BCUT2D eigenvalue weighted by Gasteiger charge is -2.05. The van der Waals surface area contributed by atoms with Crippen molar-refractivity contribution in [2.45, 2.75) is 12.7 Å². The number of nitrogens with zero attached hydrogens (tertiary/aromatic N) is 2. The van der Waals surface area contributed by atoms with E-state index < -0.39 is 23.8 Å². The fourth-order valence-corrected chi connectivity index (χ4v) is 1.68. The highest BCUT2D eigenvalue weighted by molar-refractivity contribution is 8.00. The number of anilines is 1. The smallest absolute Gasteiger partial charge is 0.397 e. The summed E-state index contributed by atoms with van der Waals surface area (Å²) in [6.45, 7) is -0.362. The van der Waals surface area contributed by atoms with Crippen LogP contribution in [0.5, 0.6) is 0 Å². The number of aromatic nitrogens is 2. The maximum atomic E-state index is 11.8. The number of carbonyl (C=O) groups excluding carboxylic acids is 1. The van der Waals surface area contributed by atoms with Gasteiger partial charge in [0.15, 0.2) is 5.82 Å². The molecule has 0 unspecified atom stereocenters. The summed E-state index contributed by atoms with van der Waals surface area (Å²) >= 11 is 0.439. The number of carbonyl (C=O) groups is 2. The van der Waals surface area contributed by atoms with Gasteiger partial charge in [-0.3, -0.25) is 14.3 Å². The largest absolute Gasteiger partial charge is 0.480 e. The quantitative estimate of drug-likeness (QED) is 0.824. The Morgan fingerprint density at radius 1 is 1.47 bits per heavy atom. The second kappa shape index (κ2) is 6.45. The van der Waals surface area contributed by atoms with Crippen molar-refractivity contribution in [3.63, 3.8) is 0 Å². The summed E-state index contributed by atoms with van der Waals surface area (Å²) in [7, 11) is 0. The molecule has 0 spiro atoms. The molecule has 10 heteroatoms. The van der Waals surface area contributed by atoms with E-state index in [0.717, 1.165) is 4.68 Å². The summed E-state index contributed by atoms with van der Waals surface area (Å²) in [5.41, 5.74) is 0. The molecule has 1 heterocycles. The van der Waals surface area contributed by atoms with E-state index in [1.807, 2.05) is 0 Å². The van der Waals surface area contributed by atoms with Crippen molar-refractivity contribution in [3.05, 3.63) is 12.3 Å². The van der Waals surface area contributed by atoms with Gasteiger partial charge in [-0.15, -0.1) is 11.8 Å². The van der Waals surface area contributed by atoms with Crippen LogP contribution in [0.2, 0.25) is 0 Å². The van der Waals surface area contributed by atoms with E-state index in [-0.39, 0.29) is 18.1 Å². The number of hydrogen-bond acceptors (Lipinski definition) is 4. The third kappa shape index (κ3) is 6.70. The predicted molar refractivity (Wildman–Crippen MR) is 61.9 cm³/mol. The minimum Gasteiger partial charge on any atom is -0.480 e. The van der Waals surface area contributed by atoms with Gasteiger partial charge in [0, 0.05) is 12.3 Å². The summed E-state index contributed by atoms with van der Waals surface area (Å²) in [6, 6.07) is 1.36. The van der Waals surface area contributed by atoms with Gasteiger partial charge < -0.3 is 10.4 Å². The third-order valence-electron chi connectivity index (χ3n) is 1.70. The van der Waals surface area contributed by atoms with Crippen LogP contribution in [0.4, 0.5) is 19.0 Å². The Kier molecular flexibility index (Phi) is 5.21. The number of rotatable bonds is 6. The molecule has 19 heavy (non-hydrogen) atoms. The summed E-state index contributed by atoms with van der Waals surface area (Å²) in [5.74, 6) is -3.09. The van der Waals surface area contributed by atoms with E-state index in [1.54, 1.807) is 0 Å². The van der Waals surface area contributed by atoms with Gasteiger partial charge >= 0.3 is 12.1 Å². The summed E-state index contributed by atoms with van der Waals surface area (Å²) < 4.78 is 36.6. The highest BCUT2D eigenvalue weighted by Crippen LogP contribution is 2.20. The number of carboxylic acid groups (broad SMARTS) is 1. The first-order valence-electron chi connectivity index (χ1n) is 4.96. The van der Waals surface area contributed by atoms with Crippen molar-refractivity contribution in [2.24, 2.45) is 0 Å². The summed E-state index contributed by atoms with van der Waals surface area (Å²) in [5, 5.41) is 14.5. The number of thioether (sulfide) groups is 1. The Morgan fingerprint density at radius 3 is 2.74 bits per heavy atom. The Balaban J connectivity index is 2.36. The van der Waals surface area contributed by atoms with Crippen LogP contribution in [0, 0.1) is 0 Å². The second-order valence-electron chi connectivity index (χ2n) is 3.45. The Bertz CT molecular complexity index is 461. The molecule has 0 fully saturated rings. The van der Waals surface area contributed by atoms with Crippen molar-refractivity contribution in [2.75, 3.05) is 16.8 Å². The van der Waals surface area contributed by atoms with Crippen LogP contribution < -0.4 is 5.32 Å². The van der Waals surface area contributed by atoms with Crippen LogP contribution in [0.15, 0.2) is 12.3 Å². The fourth-order valence-electron chi connectivity index (χ4n) is 1.09. The molecule has 0 saturated heterocycles. The van der Waals surface area contributed by atoms with Crippen LogP contribution in [0.3, 0.4) is 0 Å². The van der Waals surface area contributed by atoms with E-state index in [2.05, 4.69) is 10.4 Å². The molecular formula is C9H10F3N3O3S. The summed E-state index contributed by atoms with van der Waals surface area (Å²) in [4.78, 5) is 21.6. The third-order valence-corrected chi connectivity index (χ3v) is 2.70. The Morgan fingerprint density at radius 2 is 2.16 bits per heavy atom. The highest BCUT2D eigenvalue weighted by atomic mass is 32.2. The van der Waals surface area contributed by atoms with Gasteiger partial charge in [0.2, 0.25) is 5.91 Å². The lowest BCUT2D eigenvalue weighted by molar-refractivity contribution is -0.137. The van der Waals surface area contributed by atoms with Gasteiger partial charge in [0.1, 0.15) is 6.54 Å². The Labute approximate surface area is 110 Å². The van der Waals surface area contributed by atoms with E-state index in [4.69, 9.17) is 5.11 Å². The minimum absolute atomic E-state index is 0.0962. The lowest BCUT2D eigenvalue weighted by atomic mass is 10.6. The molecule has 106 valence electrons. The first kappa shape index (κ1) is 15.3. The van der Waals surface area contributed by atoms with Crippen LogP contribution >= 0.6 is 11.8 Å². The van der Waals surface area contributed by atoms with Crippen molar-refractivity contribution in [1.29, 1.82) is 0 Å². The molecule has 2 N–H and O–H groups in total. The average Bonchev–Trinajstić information content (AvgIpc) is 2.62. The summed E-state index contributed by atoms with van der Waals surface area (Å²) in [6.07, 6.45) is -2.97. The molecule has 1 rings (SSSR count). The van der Waals surface area contributed by atoms with Crippen LogP contribution in [-0.2, 0) is 16.1 Å². The van der Waals surface area contributed by atoms with Crippen LogP contribution in [0.25, 0.3) is 0 Å². The Hall–Kier alpha value is -1.71. The number of aliphatic carboxylic acids is 1. The van der Waals surface area contributed by atoms with E-state index in [1.165, 1.54) is 12.3 Å². The average molecular weight is 297 g/mol. The number of carboxylic acids is 1. The van der Waals surface area contributed by atoms with E-state index in [0.29, 0.717) is 11.8 Å². The van der Waals surface area contributed by atoms with Gasteiger partial charge in [0.05, 0.1) is 11.5 Å². The molecule has 0 aliphatic rings. The maximum Gasteiger partial charge on any atom is 0.397 e. The maximum absolute atomic E-state index is 11.8. The molecule has 0 aliphatic carbocycles. The highest BCUT2D eigenvalue weighted by Gasteiger charge is 2.27. The first-order chi connectivity index (χ1) is 8.76. The molecule has 0 aromatic carbocycles. The van der Waals surface area contributed by atoms with Gasteiger partial charge in [0.25, 0.3) is 0 Å². The van der Waals surface area contributed by atoms with Crippen LogP contribution in [0.1, 0.15) is 0 Å². The molecule has 0 bridgehead atoms. The first-order valence-corrected chi connectivity index (χ1v) is 6.11. The molecular weight excluding hydrogens is 287 g/mol. The number of amides is 1. The molecule has 0 atom stereocenters. The van der Waals surface area contributed by atoms with Crippen molar-refractivity contribution >= 4 is 29.5 Å². The van der Waals surface area contributed by atoms with Crippen LogP contribution in [-0.4, -0.2) is 44.4 Å². The molecule has 1 amide bonds. The van der Waals surface area contributed by atoms with E-state index in [9.17, 15) is 22.8 Å². The normalized spacial score (nSPS) is 11.3. The van der Waals surface area contributed by atoms with Gasteiger partial charge in [-0.1, -0.05) is 0 Å². The standard InChI is InChI=1S/C9H10F3N3O3S/c10-9(11,12)5-19-4-7(16)13-6-1-2-15(14-6)3-8(17)18/h1-2H,3-5H2,(H,17,18)(H,13,14,16). The number of alkyl halides is 3. The monoisotopic (exact) mass is 297 g/mol. The lowest BCUT2D eigenvalue weighted by Crippen LogP contribution is -2.18. The zero-order chi connectivity index (χ0) is 14.5. The SMILES string of the molecule is O=C(O)Cn1ccc(NC(=O)CSCC(F)(F)F)n1. The number of nitrogens with one attached hydrogen (secondary N) is 1. The fraction of sp³-hybridized carbons (Fsp3) is 0.444. The van der Waals surface area contributed by atoms with Crippen molar-refractivity contribution < 1.29 is 27.9 Å². The zero-order valence-electron chi connectivity index (χ0n) is 9.48. The predicted octanol–water partition coefficient (Wildman–Crippen LogP) is 1.20.